The van der Waals surface area contributed by atoms with Crippen LogP contribution in [-0.2, 0) is 0 Å². The van der Waals surface area contributed by atoms with Gasteiger partial charge in [0.15, 0.2) is 0 Å². The minimum atomic E-state index is -0.0435. The molecular weight excluding hydrogens is 216 g/mol. The van der Waals surface area contributed by atoms with Gasteiger partial charge in [0.25, 0.3) is 5.91 Å². The van der Waals surface area contributed by atoms with Crippen LogP contribution in [0.1, 0.15) is 37.2 Å². The number of aromatic nitrogens is 1. The molecule has 0 atom stereocenters. The fourth-order valence-electron chi connectivity index (χ4n) is 1.55. The van der Waals surface area contributed by atoms with Gasteiger partial charge in [0, 0.05) is 13.1 Å². The van der Waals surface area contributed by atoms with Crippen LogP contribution in [0, 0.1) is 0 Å². The zero-order valence-electron chi connectivity index (χ0n) is 10.4. The number of nitrogens with one attached hydrogen (secondary N) is 1. The van der Waals surface area contributed by atoms with Crippen molar-refractivity contribution in [2.45, 2.75) is 26.7 Å². The summed E-state index contributed by atoms with van der Waals surface area (Å²) in [5, 5.41) is 0. The minimum absolute atomic E-state index is 0.0435. The topological polar surface area (TPSA) is 71.2 Å². The van der Waals surface area contributed by atoms with Gasteiger partial charge in [-0.2, -0.15) is 0 Å². The minimum Gasteiger partial charge on any atom is -0.338 e. The van der Waals surface area contributed by atoms with Gasteiger partial charge >= 0.3 is 0 Å². The number of unbranched alkanes of at least 4 members (excludes halogenated alkanes) is 1. The van der Waals surface area contributed by atoms with Crippen LogP contribution in [0.4, 0.5) is 5.82 Å². The zero-order chi connectivity index (χ0) is 12.7. The van der Waals surface area contributed by atoms with E-state index < -0.39 is 0 Å². The van der Waals surface area contributed by atoms with Crippen molar-refractivity contribution >= 4 is 11.7 Å². The van der Waals surface area contributed by atoms with Crippen LogP contribution >= 0.6 is 0 Å². The van der Waals surface area contributed by atoms with Crippen LogP contribution in [0.5, 0.6) is 0 Å². The second kappa shape index (κ2) is 6.85. The smallest absolute Gasteiger partial charge is 0.272 e. The number of carbonyl (C=O) groups is 1. The standard InChI is InChI=1S/C12H20N4O/c1-3-5-9-16(4-2)12(17)10-7-6-8-11(14-10)15-13/h6-8H,3-5,9,13H2,1-2H3,(H,14,15). The summed E-state index contributed by atoms with van der Waals surface area (Å²) in [5.74, 6) is 5.73. The molecular formula is C12H20N4O. The summed E-state index contributed by atoms with van der Waals surface area (Å²) in [6.07, 6.45) is 2.08. The molecule has 0 fully saturated rings. The average Bonchev–Trinajstić information content (AvgIpc) is 2.39. The first-order chi connectivity index (χ1) is 8.22. The molecule has 1 aromatic heterocycles. The summed E-state index contributed by atoms with van der Waals surface area (Å²) in [6, 6.07) is 5.19. The zero-order valence-corrected chi connectivity index (χ0v) is 10.4. The fourth-order valence-corrected chi connectivity index (χ4v) is 1.55. The number of nitrogens with two attached hydrogens (primary N) is 1. The van der Waals surface area contributed by atoms with Gasteiger partial charge < -0.3 is 10.3 Å². The van der Waals surface area contributed by atoms with E-state index in [-0.39, 0.29) is 5.91 Å². The number of anilines is 1. The van der Waals surface area contributed by atoms with Gasteiger partial charge in [0.2, 0.25) is 0 Å². The number of hydrogen-bond acceptors (Lipinski definition) is 4. The first-order valence-corrected chi connectivity index (χ1v) is 5.95. The van der Waals surface area contributed by atoms with E-state index in [1.165, 1.54) is 0 Å². The second-order valence-electron chi connectivity index (χ2n) is 3.79. The second-order valence-corrected chi connectivity index (χ2v) is 3.79. The molecule has 0 aromatic carbocycles. The Labute approximate surface area is 102 Å². The van der Waals surface area contributed by atoms with Gasteiger partial charge in [0.1, 0.15) is 11.5 Å². The first kappa shape index (κ1) is 13.4. The van der Waals surface area contributed by atoms with E-state index in [2.05, 4.69) is 17.3 Å². The summed E-state index contributed by atoms with van der Waals surface area (Å²) >= 11 is 0. The molecule has 1 aromatic rings. The molecule has 1 heterocycles. The number of rotatable bonds is 6. The van der Waals surface area contributed by atoms with E-state index in [4.69, 9.17) is 5.84 Å². The number of pyridine rings is 1. The lowest BCUT2D eigenvalue weighted by Crippen LogP contribution is -2.32. The Morgan fingerprint density at radius 1 is 1.47 bits per heavy atom. The highest BCUT2D eigenvalue weighted by atomic mass is 16.2. The Bertz CT molecular complexity index is 367. The Morgan fingerprint density at radius 2 is 2.24 bits per heavy atom. The van der Waals surface area contributed by atoms with Gasteiger partial charge in [0.05, 0.1) is 0 Å². The van der Waals surface area contributed by atoms with Gasteiger partial charge in [-0.25, -0.2) is 10.8 Å². The molecule has 0 aliphatic carbocycles. The molecule has 17 heavy (non-hydrogen) atoms. The van der Waals surface area contributed by atoms with E-state index in [1.54, 1.807) is 23.1 Å². The molecule has 1 amide bonds. The van der Waals surface area contributed by atoms with Crippen molar-refractivity contribution in [1.82, 2.24) is 9.88 Å². The van der Waals surface area contributed by atoms with Crippen molar-refractivity contribution in [3.05, 3.63) is 23.9 Å². The number of hydrogen-bond donors (Lipinski definition) is 2. The molecule has 3 N–H and O–H groups in total. The van der Waals surface area contributed by atoms with Gasteiger partial charge in [-0.1, -0.05) is 19.4 Å². The van der Waals surface area contributed by atoms with Gasteiger partial charge in [-0.3, -0.25) is 4.79 Å². The van der Waals surface area contributed by atoms with Crippen LogP contribution < -0.4 is 11.3 Å². The molecule has 0 aliphatic heterocycles. The normalized spacial score (nSPS) is 10.1. The number of nitrogens with zero attached hydrogens (tertiary/aromatic N) is 2. The van der Waals surface area contributed by atoms with Crippen LogP contribution in [0.3, 0.4) is 0 Å². The summed E-state index contributed by atoms with van der Waals surface area (Å²) < 4.78 is 0. The van der Waals surface area contributed by atoms with Crippen molar-refractivity contribution in [3.63, 3.8) is 0 Å². The van der Waals surface area contributed by atoms with E-state index in [1.807, 2.05) is 6.92 Å². The third-order valence-corrected chi connectivity index (χ3v) is 2.57. The van der Waals surface area contributed by atoms with Crippen molar-refractivity contribution in [1.29, 1.82) is 0 Å². The highest BCUT2D eigenvalue weighted by Crippen LogP contribution is 2.07. The number of hydrazine groups is 1. The number of carbonyl (C=O) groups excluding carboxylic acids is 1. The summed E-state index contributed by atoms with van der Waals surface area (Å²) in [5.41, 5.74) is 2.87. The SMILES string of the molecule is CCCCN(CC)C(=O)c1cccc(NN)n1. The summed E-state index contributed by atoms with van der Waals surface area (Å²) in [7, 11) is 0. The van der Waals surface area contributed by atoms with Crippen LogP contribution in [-0.4, -0.2) is 28.9 Å². The van der Waals surface area contributed by atoms with Crippen molar-refractivity contribution in [2.75, 3.05) is 18.5 Å². The van der Waals surface area contributed by atoms with E-state index in [0.717, 1.165) is 19.4 Å². The maximum absolute atomic E-state index is 12.1. The van der Waals surface area contributed by atoms with Crippen molar-refractivity contribution < 1.29 is 4.79 Å². The quantitative estimate of drug-likeness (QED) is 0.581. The van der Waals surface area contributed by atoms with Crippen molar-refractivity contribution in [3.8, 4) is 0 Å². The number of amides is 1. The Morgan fingerprint density at radius 3 is 2.82 bits per heavy atom. The molecule has 0 saturated carbocycles. The molecule has 0 radical (unpaired) electrons. The van der Waals surface area contributed by atoms with Crippen molar-refractivity contribution in [2.24, 2.45) is 5.84 Å². The predicted octanol–water partition coefficient (Wildman–Crippen LogP) is 1.63. The average molecular weight is 236 g/mol. The summed E-state index contributed by atoms with van der Waals surface area (Å²) in [4.78, 5) is 18.1. The molecule has 5 heteroatoms. The third-order valence-electron chi connectivity index (χ3n) is 2.57. The van der Waals surface area contributed by atoms with Gasteiger partial charge in [-0.15, -0.1) is 0 Å². The van der Waals surface area contributed by atoms with E-state index in [9.17, 15) is 4.79 Å². The highest BCUT2D eigenvalue weighted by molar-refractivity contribution is 5.92. The molecule has 1 rings (SSSR count). The Balaban J connectivity index is 2.78. The first-order valence-electron chi connectivity index (χ1n) is 5.95. The van der Waals surface area contributed by atoms with E-state index in [0.29, 0.717) is 18.1 Å². The Hall–Kier alpha value is -1.62. The number of nitrogen functional groups attached to an aromatic ring is 1. The molecule has 0 aliphatic rings. The lowest BCUT2D eigenvalue weighted by atomic mass is 10.2. The molecule has 94 valence electrons. The third kappa shape index (κ3) is 3.71. The lowest BCUT2D eigenvalue weighted by Gasteiger charge is -2.20. The van der Waals surface area contributed by atoms with E-state index >= 15 is 0 Å². The molecule has 0 bridgehead atoms. The molecule has 0 saturated heterocycles. The van der Waals surface area contributed by atoms with Gasteiger partial charge in [-0.05, 0) is 25.5 Å². The molecule has 5 nitrogen and oxygen atoms in total. The van der Waals surface area contributed by atoms with Crippen LogP contribution in [0.25, 0.3) is 0 Å². The fraction of sp³-hybridized carbons (Fsp3) is 0.500. The van der Waals surface area contributed by atoms with Crippen LogP contribution in [0.2, 0.25) is 0 Å². The largest absolute Gasteiger partial charge is 0.338 e. The van der Waals surface area contributed by atoms with Crippen LogP contribution in [0.15, 0.2) is 18.2 Å². The maximum atomic E-state index is 12.1. The molecule has 0 unspecified atom stereocenters. The molecule has 0 spiro atoms. The highest BCUT2D eigenvalue weighted by Gasteiger charge is 2.14. The summed E-state index contributed by atoms with van der Waals surface area (Å²) in [6.45, 7) is 5.54. The Kier molecular flexibility index (Phi) is 5.42. The lowest BCUT2D eigenvalue weighted by molar-refractivity contribution is 0.0756. The predicted molar refractivity (Wildman–Crippen MR) is 68.5 cm³/mol. The maximum Gasteiger partial charge on any atom is 0.272 e. The monoisotopic (exact) mass is 236 g/mol.